The van der Waals surface area contributed by atoms with Gasteiger partial charge in [-0.05, 0) is 37.6 Å². The van der Waals surface area contributed by atoms with Gasteiger partial charge in [-0.1, -0.05) is 12.1 Å². The summed E-state index contributed by atoms with van der Waals surface area (Å²) < 4.78 is 0. The van der Waals surface area contributed by atoms with Crippen LogP contribution in [0.3, 0.4) is 0 Å². The number of nitrogens with zero attached hydrogens (tertiary/aromatic N) is 2. The third-order valence-electron chi connectivity index (χ3n) is 3.86. The molecule has 0 spiro atoms. The largest absolute Gasteiger partial charge is 0.325 e. The van der Waals surface area contributed by atoms with Crippen molar-refractivity contribution in [2.75, 3.05) is 11.9 Å². The van der Waals surface area contributed by atoms with E-state index in [1.807, 2.05) is 13.0 Å². The Balaban J connectivity index is 1.52. The second-order valence-electron chi connectivity index (χ2n) is 5.65. The third-order valence-corrected chi connectivity index (χ3v) is 3.86. The molecular formula is C18H17N3O3. The summed E-state index contributed by atoms with van der Waals surface area (Å²) in [6, 6.07) is 10.4. The zero-order valence-electron chi connectivity index (χ0n) is 13.3. The van der Waals surface area contributed by atoms with E-state index in [1.165, 1.54) is 4.90 Å². The summed E-state index contributed by atoms with van der Waals surface area (Å²) in [5.74, 6) is -0.755. The van der Waals surface area contributed by atoms with E-state index < -0.39 is 0 Å². The summed E-state index contributed by atoms with van der Waals surface area (Å²) in [4.78, 5) is 41.6. The zero-order chi connectivity index (χ0) is 17.1. The number of benzene rings is 1. The fraction of sp³-hybridized carbons (Fsp3) is 0.222. The molecule has 1 aromatic heterocycles. The molecule has 1 aromatic carbocycles. The van der Waals surface area contributed by atoms with Gasteiger partial charge >= 0.3 is 0 Å². The molecule has 3 amide bonds. The highest BCUT2D eigenvalue weighted by atomic mass is 16.2. The number of carbonyl (C=O) groups is 3. The molecule has 2 heterocycles. The lowest BCUT2D eigenvalue weighted by Crippen LogP contribution is -2.31. The number of amides is 3. The minimum Gasteiger partial charge on any atom is -0.325 e. The first kappa shape index (κ1) is 15.9. The van der Waals surface area contributed by atoms with Crippen LogP contribution in [0.1, 0.15) is 39.3 Å². The smallest absolute Gasteiger partial charge is 0.261 e. The number of anilines is 1. The average Bonchev–Trinajstić information content (AvgIpc) is 2.82. The molecule has 24 heavy (non-hydrogen) atoms. The number of aromatic nitrogens is 1. The van der Waals surface area contributed by atoms with Gasteiger partial charge < -0.3 is 5.32 Å². The van der Waals surface area contributed by atoms with Gasteiger partial charge in [-0.25, -0.2) is 0 Å². The van der Waals surface area contributed by atoms with E-state index in [4.69, 9.17) is 0 Å². The Kier molecular flexibility index (Phi) is 4.37. The molecule has 0 unspecified atom stereocenters. The predicted molar refractivity (Wildman–Crippen MR) is 88.6 cm³/mol. The molecule has 6 heteroatoms. The highest BCUT2D eigenvalue weighted by molar-refractivity contribution is 6.21. The highest BCUT2D eigenvalue weighted by Crippen LogP contribution is 2.22. The van der Waals surface area contributed by atoms with Crippen molar-refractivity contribution in [2.45, 2.75) is 19.8 Å². The molecule has 6 nitrogen and oxygen atoms in total. The number of nitrogens with one attached hydrogen (secondary N) is 1. The van der Waals surface area contributed by atoms with Gasteiger partial charge in [0.1, 0.15) is 0 Å². The van der Waals surface area contributed by atoms with E-state index in [-0.39, 0.29) is 30.7 Å². The second kappa shape index (κ2) is 6.62. The molecule has 1 aliphatic rings. The van der Waals surface area contributed by atoms with Gasteiger partial charge in [0.2, 0.25) is 5.91 Å². The normalized spacial score (nSPS) is 13.1. The predicted octanol–water partition coefficient (Wildman–Crippen LogP) is 2.40. The van der Waals surface area contributed by atoms with Gasteiger partial charge in [0.25, 0.3) is 11.8 Å². The van der Waals surface area contributed by atoms with Crippen molar-refractivity contribution in [3.05, 3.63) is 59.4 Å². The van der Waals surface area contributed by atoms with Gasteiger partial charge in [0.15, 0.2) is 0 Å². The maximum absolute atomic E-state index is 12.2. The molecule has 1 aliphatic heterocycles. The third kappa shape index (κ3) is 3.17. The maximum atomic E-state index is 12.2. The molecular weight excluding hydrogens is 306 g/mol. The van der Waals surface area contributed by atoms with Crippen LogP contribution in [0.5, 0.6) is 0 Å². The van der Waals surface area contributed by atoms with Crippen LogP contribution in [0.15, 0.2) is 42.6 Å². The van der Waals surface area contributed by atoms with Gasteiger partial charge in [0.05, 0.1) is 23.0 Å². The van der Waals surface area contributed by atoms with Crippen molar-refractivity contribution in [1.29, 1.82) is 0 Å². The zero-order valence-corrected chi connectivity index (χ0v) is 13.3. The van der Waals surface area contributed by atoms with E-state index in [9.17, 15) is 14.4 Å². The van der Waals surface area contributed by atoms with Gasteiger partial charge in [-0.15, -0.1) is 0 Å². The molecule has 2 aromatic rings. The highest BCUT2D eigenvalue weighted by Gasteiger charge is 2.34. The lowest BCUT2D eigenvalue weighted by molar-refractivity contribution is -0.116. The first-order valence-corrected chi connectivity index (χ1v) is 7.74. The fourth-order valence-corrected chi connectivity index (χ4v) is 2.61. The van der Waals surface area contributed by atoms with Crippen molar-refractivity contribution in [2.24, 2.45) is 0 Å². The van der Waals surface area contributed by atoms with Crippen molar-refractivity contribution < 1.29 is 14.4 Å². The summed E-state index contributed by atoms with van der Waals surface area (Å²) in [5.41, 5.74) is 2.36. The molecule has 0 radical (unpaired) electrons. The SMILES string of the molecule is Cc1ccc(NC(=O)CCCN2C(=O)c3ccccc3C2=O)cn1. The van der Waals surface area contributed by atoms with E-state index >= 15 is 0 Å². The van der Waals surface area contributed by atoms with Crippen molar-refractivity contribution in [3.8, 4) is 0 Å². The van der Waals surface area contributed by atoms with E-state index in [2.05, 4.69) is 10.3 Å². The Morgan fingerprint density at radius 2 is 1.75 bits per heavy atom. The number of carbonyl (C=O) groups excluding carboxylic acids is 3. The van der Waals surface area contributed by atoms with Gasteiger partial charge in [-0.3, -0.25) is 24.3 Å². The number of imide groups is 1. The number of pyridine rings is 1. The van der Waals surface area contributed by atoms with Crippen LogP contribution in [-0.2, 0) is 4.79 Å². The van der Waals surface area contributed by atoms with Crippen LogP contribution < -0.4 is 5.32 Å². The molecule has 0 bridgehead atoms. The monoisotopic (exact) mass is 323 g/mol. The first-order valence-electron chi connectivity index (χ1n) is 7.74. The molecule has 1 N–H and O–H groups in total. The first-order chi connectivity index (χ1) is 11.6. The van der Waals surface area contributed by atoms with E-state index in [0.29, 0.717) is 23.2 Å². The lowest BCUT2D eigenvalue weighted by atomic mass is 10.1. The number of rotatable bonds is 5. The van der Waals surface area contributed by atoms with Crippen molar-refractivity contribution in [1.82, 2.24) is 9.88 Å². The fourth-order valence-electron chi connectivity index (χ4n) is 2.61. The Hall–Kier alpha value is -3.02. The van der Waals surface area contributed by atoms with Crippen LogP contribution in [0.25, 0.3) is 0 Å². The van der Waals surface area contributed by atoms with E-state index in [0.717, 1.165) is 5.69 Å². The maximum Gasteiger partial charge on any atom is 0.261 e. The molecule has 0 saturated heterocycles. The number of aryl methyl sites for hydroxylation is 1. The van der Waals surface area contributed by atoms with Crippen LogP contribution in [0, 0.1) is 6.92 Å². The minimum atomic E-state index is -0.293. The van der Waals surface area contributed by atoms with Gasteiger partial charge in [0, 0.05) is 18.7 Å². The molecule has 0 saturated carbocycles. The van der Waals surface area contributed by atoms with Crippen LogP contribution in [0.2, 0.25) is 0 Å². The Labute approximate surface area is 139 Å². The Bertz CT molecular complexity index is 764. The second-order valence-corrected chi connectivity index (χ2v) is 5.65. The summed E-state index contributed by atoms with van der Waals surface area (Å²) >= 11 is 0. The molecule has 0 atom stereocenters. The van der Waals surface area contributed by atoms with Crippen molar-refractivity contribution in [3.63, 3.8) is 0 Å². The quantitative estimate of drug-likeness (QED) is 0.857. The summed E-state index contributed by atoms with van der Waals surface area (Å²) in [6.45, 7) is 2.10. The number of hydrogen-bond acceptors (Lipinski definition) is 4. The average molecular weight is 323 g/mol. The lowest BCUT2D eigenvalue weighted by Gasteiger charge is -2.13. The summed E-state index contributed by atoms with van der Waals surface area (Å²) in [6.07, 6.45) is 2.23. The molecule has 0 aliphatic carbocycles. The molecule has 3 rings (SSSR count). The summed E-state index contributed by atoms with van der Waals surface area (Å²) in [5, 5.41) is 2.74. The number of hydrogen-bond donors (Lipinski definition) is 1. The van der Waals surface area contributed by atoms with Crippen molar-refractivity contribution >= 4 is 23.4 Å². The van der Waals surface area contributed by atoms with Crippen LogP contribution >= 0.6 is 0 Å². The topological polar surface area (TPSA) is 79.4 Å². The van der Waals surface area contributed by atoms with Crippen LogP contribution in [-0.4, -0.2) is 34.2 Å². The summed E-state index contributed by atoms with van der Waals surface area (Å²) in [7, 11) is 0. The Morgan fingerprint density at radius 3 is 2.33 bits per heavy atom. The van der Waals surface area contributed by atoms with E-state index in [1.54, 1.807) is 36.5 Å². The van der Waals surface area contributed by atoms with Crippen LogP contribution in [0.4, 0.5) is 5.69 Å². The molecule has 122 valence electrons. The number of fused-ring (bicyclic) bond motifs is 1. The Morgan fingerprint density at radius 1 is 1.08 bits per heavy atom. The minimum absolute atomic E-state index is 0.169. The standard InChI is InChI=1S/C18H17N3O3/c1-12-8-9-13(11-19-12)20-16(22)7-4-10-21-17(23)14-5-2-3-6-15(14)18(21)24/h2-3,5-6,8-9,11H,4,7,10H2,1H3,(H,20,22). The van der Waals surface area contributed by atoms with Gasteiger partial charge in [-0.2, -0.15) is 0 Å². The molecule has 0 fully saturated rings.